The number of piperidine rings is 1. The van der Waals surface area contributed by atoms with Crippen LogP contribution >= 0.6 is 0 Å². The predicted octanol–water partition coefficient (Wildman–Crippen LogP) is 3.67. The first kappa shape index (κ1) is 17.8. The van der Waals surface area contributed by atoms with Crippen molar-refractivity contribution in [2.45, 2.75) is 32.1 Å². The van der Waals surface area contributed by atoms with E-state index in [1.165, 1.54) is 0 Å². The fraction of sp³-hybridized carbons (Fsp3) is 0.455. The third-order valence-electron chi connectivity index (χ3n) is 6.50. The highest BCUT2D eigenvalue weighted by Crippen LogP contribution is 2.59. The van der Waals surface area contributed by atoms with Gasteiger partial charge in [-0.15, -0.1) is 0 Å². The number of rotatable bonds is 4. The minimum Gasteiger partial charge on any atom is -0.497 e. The molecule has 1 saturated heterocycles. The van der Waals surface area contributed by atoms with Gasteiger partial charge in [-0.3, -0.25) is 9.59 Å². The number of hydrogen-bond donors (Lipinski definition) is 1. The first-order valence-corrected chi connectivity index (χ1v) is 9.53. The zero-order chi connectivity index (χ0) is 19.2. The zero-order valence-electron chi connectivity index (χ0n) is 15.8. The van der Waals surface area contributed by atoms with E-state index in [4.69, 9.17) is 4.74 Å². The monoisotopic (exact) mass is 367 g/mol. The first-order chi connectivity index (χ1) is 12.9. The molecule has 1 spiro atoms. The van der Waals surface area contributed by atoms with Gasteiger partial charge in [0.2, 0.25) is 5.91 Å². The molecule has 142 valence electrons. The van der Waals surface area contributed by atoms with E-state index in [0.29, 0.717) is 13.1 Å². The van der Waals surface area contributed by atoms with E-state index in [9.17, 15) is 14.7 Å². The molecule has 2 atom stereocenters. The number of methoxy groups -OCH3 is 1. The molecule has 1 amide bonds. The van der Waals surface area contributed by atoms with Crippen LogP contribution in [-0.2, 0) is 9.59 Å². The Kier molecular flexibility index (Phi) is 4.33. The van der Waals surface area contributed by atoms with Crippen molar-refractivity contribution in [3.8, 4) is 5.75 Å². The van der Waals surface area contributed by atoms with Gasteiger partial charge in [0.1, 0.15) is 5.75 Å². The third-order valence-corrected chi connectivity index (χ3v) is 6.50. The Morgan fingerprint density at radius 2 is 1.81 bits per heavy atom. The second kappa shape index (κ2) is 6.55. The summed E-state index contributed by atoms with van der Waals surface area (Å²) in [4.78, 5) is 26.1. The molecule has 27 heavy (non-hydrogen) atoms. The number of fused-ring (bicyclic) bond motifs is 1. The Balaban J connectivity index is 1.45. The van der Waals surface area contributed by atoms with Gasteiger partial charge in [0.25, 0.3) is 0 Å². The number of hydrogen-bond acceptors (Lipinski definition) is 3. The van der Waals surface area contributed by atoms with E-state index < -0.39 is 5.97 Å². The number of carboxylic acids is 1. The Labute approximate surface area is 158 Å². The molecular weight excluding hydrogens is 342 g/mol. The van der Waals surface area contributed by atoms with E-state index in [1.807, 2.05) is 42.2 Å². The third kappa shape index (κ3) is 3.15. The van der Waals surface area contributed by atoms with Crippen molar-refractivity contribution < 1.29 is 19.4 Å². The Morgan fingerprint density at radius 1 is 1.15 bits per heavy atom. The molecule has 0 bridgehead atoms. The van der Waals surface area contributed by atoms with Gasteiger partial charge < -0.3 is 14.7 Å². The van der Waals surface area contributed by atoms with Crippen LogP contribution in [0.15, 0.2) is 36.4 Å². The quantitative estimate of drug-likeness (QED) is 0.895. The lowest BCUT2D eigenvalue weighted by atomic mass is 9.89. The van der Waals surface area contributed by atoms with Gasteiger partial charge in [-0.25, -0.2) is 0 Å². The number of amides is 1. The maximum absolute atomic E-state index is 13.0. The van der Waals surface area contributed by atoms with Gasteiger partial charge in [-0.2, -0.15) is 0 Å². The molecule has 4 rings (SSSR count). The van der Waals surface area contributed by atoms with E-state index in [0.717, 1.165) is 41.3 Å². The summed E-state index contributed by atoms with van der Waals surface area (Å²) in [6.45, 7) is 3.28. The fourth-order valence-electron chi connectivity index (χ4n) is 4.48. The molecule has 1 aliphatic heterocycles. The van der Waals surface area contributed by atoms with Crippen LogP contribution in [-0.4, -0.2) is 42.1 Å². The highest BCUT2D eigenvalue weighted by molar-refractivity contribution is 5.88. The van der Waals surface area contributed by atoms with Crippen LogP contribution in [0.1, 0.15) is 37.7 Å². The molecule has 2 aromatic rings. The number of aliphatic carboxylic acids is 1. The lowest BCUT2D eigenvalue weighted by Gasteiger charge is -2.34. The number of likely N-dealkylation sites (tertiary alicyclic amines) is 1. The number of benzene rings is 2. The molecule has 2 fully saturated rings. The minimum absolute atomic E-state index is 0.0478. The van der Waals surface area contributed by atoms with Crippen LogP contribution in [0.25, 0.3) is 10.8 Å². The van der Waals surface area contributed by atoms with Crippen molar-refractivity contribution in [3.05, 3.63) is 42.0 Å². The highest BCUT2D eigenvalue weighted by Gasteiger charge is 2.59. The van der Waals surface area contributed by atoms with Gasteiger partial charge in [-0.05, 0) is 60.1 Å². The summed E-state index contributed by atoms with van der Waals surface area (Å²) >= 11 is 0. The predicted molar refractivity (Wildman–Crippen MR) is 103 cm³/mol. The van der Waals surface area contributed by atoms with E-state index in [1.54, 1.807) is 7.11 Å². The molecular formula is C22H25NO4. The molecule has 1 N–H and O–H groups in total. The van der Waals surface area contributed by atoms with Crippen molar-refractivity contribution >= 4 is 22.6 Å². The van der Waals surface area contributed by atoms with Crippen molar-refractivity contribution in [1.82, 2.24) is 4.90 Å². The van der Waals surface area contributed by atoms with Gasteiger partial charge in [0.15, 0.2) is 0 Å². The number of carboxylic acid groups (broad SMARTS) is 1. The van der Waals surface area contributed by atoms with Crippen LogP contribution < -0.4 is 4.74 Å². The lowest BCUT2D eigenvalue weighted by Crippen LogP contribution is -2.41. The normalized spacial score (nSPS) is 21.9. The zero-order valence-corrected chi connectivity index (χ0v) is 15.8. The second-order valence-electron chi connectivity index (χ2n) is 7.98. The van der Waals surface area contributed by atoms with Gasteiger partial charge in [-0.1, -0.05) is 24.3 Å². The molecule has 1 saturated carbocycles. The summed E-state index contributed by atoms with van der Waals surface area (Å²) in [5.74, 6) is -0.146. The van der Waals surface area contributed by atoms with E-state index >= 15 is 0 Å². The maximum Gasteiger partial charge on any atom is 0.307 e. The van der Waals surface area contributed by atoms with Crippen LogP contribution in [0.4, 0.5) is 0 Å². The highest BCUT2D eigenvalue weighted by atomic mass is 16.5. The Morgan fingerprint density at radius 3 is 2.44 bits per heavy atom. The average Bonchev–Trinajstić information content (AvgIpc) is 3.40. The van der Waals surface area contributed by atoms with Crippen LogP contribution in [0.2, 0.25) is 0 Å². The molecule has 0 radical (unpaired) electrons. The number of ether oxygens (including phenoxy) is 1. The fourth-order valence-corrected chi connectivity index (χ4v) is 4.48. The number of nitrogens with zero attached hydrogens (tertiary/aromatic N) is 1. The van der Waals surface area contributed by atoms with Crippen LogP contribution in [0, 0.1) is 11.3 Å². The van der Waals surface area contributed by atoms with Gasteiger partial charge >= 0.3 is 5.97 Å². The van der Waals surface area contributed by atoms with Crippen molar-refractivity contribution in [3.63, 3.8) is 0 Å². The van der Waals surface area contributed by atoms with Gasteiger partial charge in [0, 0.05) is 13.1 Å². The largest absolute Gasteiger partial charge is 0.497 e. The standard InChI is InChI=1S/C22H25NO4/c1-14(15-3-4-17-12-18(27-2)6-5-16(17)11-15)20(24)23-9-7-22(8-10-23)13-19(22)21(25)26/h3-6,11-12,14,19H,7-10,13H2,1-2H3,(H,25,26)/t14-,19?/m0/s1. The smallest absolute Gasteiger partial charge is 0.307 e. The summed E-state index contributed by atoms with van der Waals surface area (Å²) in [6, 6.07) is 12.0. The molecule has 1 unspecified atom stereocenters. The summed E-state index contributed by atoms with van der Waals surface area (Å²) in [6.07, 6.45) is 2.38. The molecule has 5 heteroatoms. The number of carbonyl (C=O) groups excluding carboxylic acids is 1. The van der Waals surface area contributed by atoms with E-state index in [2.05, 4.69) is 6.07 Å². The Bertz CT molecular complexity index is 898. The van der Waals surface area contributed by atoms with Crippen molar-refractivity contribution in [1.29, 1.82) is 0 Å². The SMILES string of the molecule is COc1ccc2cc([C@H](C)C(=O)N3CCC4(CC3)CC4C(=O)O)ccc2c1. The summed E-state index contributed by atoms with van der Waals surface area (Å²) in [5.41, 5.74) is 0.959. The molecule has 1 heterocycles. The Hall–Kier alpha value is -2.56. The van der Waals surface area contributed by atoms with E-state index in [-0.39, 0.29) is 23.2 Å². The van der Waals surface area contributed by atoms with Crippen LogP contribution in [0.5, 0.6) is 5.75 Å². The molecule has 2 aromatic carbocycles. The number of carbonyl (C=O) groups is 2. The molecule has 5 nitrogen and oxygen atoms in total. The summed E-state index contributed by atoms with van der Waals surface area (Å²) in [5, 5.41) is 11.4. The maximum atomic E-state index is 13.0. The molecule has 0 aromatic heterocycles. The van der Waals surface area contributed by atoms with Crippen LogP contribution in [0.3, 0.4) is 0 Å². The van der Waals surface area contributed by atoms with Gasteiger partial charge in [0.05, 0.1) is 18.9 Å². The molecule has 2 aliphatic rings. The summed E-state index contributed by atoms with van der Waals surface area (Å²) in [7, 11) is 1.65. The average molecular weight is 367 g/mol. The molecule has 1 aliphatic carbocycles. The van der Waals surface area contributed by atoms with Crippen molar-refractivity contribution in [2.24, 2.45) is 11.3 Å². The minimum atomic E-state index is -0.684. The second-order valence-corrected chi connectivity index (χ2v) is 7.98. The topological polar surface area (TPSA) is 66.8 Å². The lowest BCUT2D eigenvalue weighted by molar-refractivity contribution is -0.140. The van der Waals surface area contributed by atoms with Crippen molar-refractivity contribution in [2.75, 3.05) is 20.2 Å². The first-order valence-electron chi connectivity index (χ1n) is 9.53. The summed E-state index contributed by atoms with van der Waals surface area (Å²) < 4.78 is 5.26.